The third kappa shape index (κ3) is 3.21. The topological polar surface area (TPSA) is 111 Å². The number of carbonyl (C=O) groups excluding carboxylic acids is 1. The fourth-order valence-corrected chi connectivity index (χ4v) is 1.97. The van der Waals surface area contributed by atoms with Gasteiger partial charge in [0.1, 0.15) is 10.8 Å². The molecule has 1 aromatic heterocycles. The number of nitrogens with one attached hydrogen (secondary N) is 1. The highest BCUT2D eigenvalue weighted by molar-refractivity contribution is 6.33. The number of furan rings is 1. The highest BCUT2D eigenvalue weighted by Crippen LogP contribution is 2.30. The molecule has 0 aliphatic heterocycles. The second-order valence-electron chi connectivity index (χ2n) is 4.30. The average Bonchev–Trinajstić information content (AvgIpc) is 2.91. The number of nitro groups is 1. The van der Waals surface area contributed by atoms with Crippen LogP contribution >= 0.6 is 11.6 Å². The molecular weight excluding hydrogens is 298 g/mol. The summed E-state index contributed by atoms with van der Waals surface area (Å²) in [5, 5.41) is 13.3. The molecule has 0 aliphatic carbocycles. The molecule has 1 heterocycles. The zero-order chi connectivity index (χ0) is 15.6. The number of anilines is 1. The van der Waals surface area contributed by atoms with E-state index in [1.165, 1.54) is 18.2 Å². The largest absolute Gasteiger partial charge is 0.455 e. The van der Waals surface area contributed by atoms with Gasteiger partial charge in [-0.05, 0) is 30.7 Å². The molecule has 0 spiro atoms. The van der Waals surface area contributed by atoms with E-state index < -0.39 is 10.8 Å². The van der Waals surface area contributed by atoms with E-state index >= 15 is 0 Å². The first-order chi connectivity index (χ1) is 9.92. The summed E-state index contributed by atoms with van der Waals surface area (Å²) in [7, 11) is 0. The summed E-state index contributed by atoms with van der Waals surface area (Å²) in [5.41, 5.74) is 6.08. The van der Waals surface area contributed by atoms with Gasteiger partial charge in [0.05, 0.1) is 11.5 Å². The number of carbonyl (C=O) groups is 1. The molecule has 21 heavy (non-hydrogen) atoms. The number of nitrogens with zero attached hydrogens (tertiary/aromatic N) is 1. The van der Waals surface area contributed by atoms with Crippen LogP contribution in [-0.4, -0.2) is 10.8 Å². The maximum atomic E-state index is 12.0. The van der Waals surface area contributed by atoms with Crippen molar-refractivity contribution in [3.8, 4) is 0 Å². The average molecular weight is 310 g/mol. The van der Waals surface area contributed by atoms with Crippen LogP contribution in [0.1, 0.15) is 21.9 Å². The monoisotopic (exact) mass is 309 g/mol. The zero-order valence-corrected chi connectivity index (χ0v) is 11.8. The van der Waals surface area contributed by atoms with Crippen LogP contribution in [0, 0.1) is 17.0 Å². The Kier molecular flexibility index (Phi) is 4.25. The van der Waals surface area contributed by atoms with Gasteiger partial charge >= 0.3 is 0 Å². The molecule has 3 N–H and O–H groups in total. The highest BCUT2D eigenvalue weighted by atomic mass is 35.5. The quantitative estimate of drug-likeness (QED) is 0.666. The molecule has 0 saturated carbocycles. The van der Waals surface area contributed by atoms with Crippen molar-refractivity contribution >= 4 is 28.9 Å². The lowest BCUT2D eigenvalue weighted by Gasteiger charge is -2.08. The van der Waals surface area contributed by atoms with Gasteiger partial charge in [0.15, 0.2) is 5.76 Å². The maximum Gasteiger partial charge on any atom is 0.291 e. The molecule has 0 radical (unpaired) electrons. The third-order valence-corrected chi connectivity index (χ3v) is 3.13. The Bertz CT molecular complexity index is 711. The number of halogens is 1. The SMILES string of the molecule is Cc1cc([N+](=O)[O-])c(Cl)cc1NC(=O)c1ccc(CN)o1. The number of amides is 1. The van der Waals surface area contributed by atoms with E-state index in [0.717, 1.165) is 0 Å². The lowest BCUT2D eigenvalue weighted by molar-refractivity contribution is -0.384. The normalized spacial score (nSPS) is 10.4. The Labute approximate surface area is 124 Å². The van der Waals surface area contributed by atoms with Crippen molar-refractivity contribution in [2.24, 2.45) is 5.73 Å². The molecule has 0 saturated heterocycles. The first-order valence-electron chi connectivity index (χ1n) is 5.97. The number of hydrogen-bond donors (Lipinski definition) is 2. The van der Waals surface area contributed by atoms with Crippen molar-refractivity contribution in [1.29, 1.82) is 0 Å². The molecule has 7 nitrogen and oxygen atoms in total. The van der Waals surface area contributed by atoms with Crippen molar-refractivity contribution in [1.82, 2.24) is 0 Å². The van der Waals surface area contributed by atoms with E-state index in [2.05, 4.69) is 5.32 Å². The van der Waals surface area contributed by atoms with E-state index in [9.17, 15) is 14.9 Å². The van der Waals surface area contributed by atoms with Crippen LogP contribution in [0.4, 0.5) is 11.4 Å². The Hall–Kier alpha value is -2.38. The van der Waals surface area contributed by atoms with Crippen molar-refractivity contribution < 1.29 is 14.1 Å². The van der Waals surface area contributed by atoms with Crippen LogP contribution in [0.25, 0.3) is 0 Å². The molecular formula is C13H12ClN3O4. The maximum absolute atomic E-state index is 12.0. The Morgan fingerprint density at radius 3 is 2.76 bits per heavy atom. The van der Waals surface area contributed by atoms with Crippen LogP contribution in [0.5, 0.6) is 0 Å². The van der Waals surface area contributed by atoms with E-state index in [4.69, 9.17) is 21.8 Å². The van der Waals surface area contributed by atoms with Gasteiger partial charge in [-0.2, -0.15) is 0 Å². The van der Waals surface area contributed by atoms with Crippen molar-refractivity contribution in [2.45, 2.75) is 13.5 Å². The summed E-state index contributed by atoms with van der Waals surface area (Å²) in [5.74, 6) is 0.102. The lowest BCUT2D eigenvalue weighted by atomic mass is 10.1. The number of nitro benzene ring substituents is 1. The third-order valence-electron chi connectivity index (χ3n) is 2.83. The van der Waals surface area contributed by atoms with Gasteiger partial charge in [0.2, 0.25) is 0 Å². The van der Waals surface area contributed by atoms with Gasteiger partial charge in [-0.1, -0.05) is 11.6 Å². The molecule has 110 valence electrons. The van der Waals surface area contributed by atoms with E-state index in [-0.39, 0.29) is 23.0 Å². The molecule has 0 aliphatic rings. The molecule has 2 aromatic rings. The van der Waals surface area contributed by atoms with Crippen molar-refractivity contribution in [3.05, 3.63) is 56.5 Å². The summed E-state index contributed by atoms with van der Waals surface area (Å²) in [6.45, 7) is 1.82. The van der Waals surface area contributed by atoms with Crippen LogP contribution in [0.3, 0.4) is 0 Å². The van der Waals surface area contributed by atoms with Gasteiger partial charge in [0.25, 0.3) is 11.6 Å². The summed E-state index contributed by atoms with van der Waals surface area (Å²) < 4.78 is 5.22. The van der Waals surface area contributed by atoms with E-state index in [1.807, 2.05) is 0 Å². The summed E-state index contributed by atoms with van der Waals surface area (Å²) in [6.07, 6.45) is 0. The van der Waals surface area contributed by atoms with Gasteiger partial charge < -0.3 is 15.5 Å². The predicted octanol–water partition coefficient (Wildman–Crippen LogP) is 2.86. The first kappa shape index (κ1) is 15.0. The minimum atomic E-state index is -0.582. The number of aryl methyl sites for hydroxylation is 1. The van der Waals surface area contributed by atoms with E-state index in [0.29, 0.717) is 17.0 Å². The Morgan fingerprint density at radius 1 is 1.48 bits per heavy atom. The van der Waals surface area contributed by atoms with Gasteiger partial charge in [0, 0.05) is 11.8 Å². The minimum Gasteiger partial charge on any atom is -0.455 e. The number of rotatable bonds is 4. The predicted molar refractivity (Wildman–Crippen MR) is 77.4 cm³/mol. The molecule has 1 amide bonds. The van der Waals surface area contributed by atoms with Crippen LogP contribution < -0.4 is 11.1 Å². The Morgan fingerprint density at radius 2 is 2.19 bits per heavy atom. The van der Waals surface area contributed by atoms with Gasteiger partial charge in [-0.25, -0.2) is 0 Å². The second kappa shape index (κ2) is 5.94. The first-order valence-corrected chi connectivity index (χ1v) is 6.35. The number of nitrogens with two attached hydrogens (primary N) is 1. The molecule has 0 unspecified atom stereocenters. The van der Waals surface area contributed by atoms with Gasteiger partial charge in [-0.15, -0.1) is 0 Å². The molecule has 0 bridgehead atoms. The molecule has 0 fully saturated rings. The van der Waals surface area contributed by atoms with Crippen LogP contribution in [-0.2, 0) is 6.54 Å². The second-order valence-corrected chi connectivity index (χ2v) is 4.71. The number of benzene rings is 1. The van der Waals surface area contributed by atoms with Crippen molar-refractivity contribution in [3.63, 3.8) is 0 Å². The molecule has 0 atom stereocenters. The summed E-state index contributed by atoms with van der Waals surface area (Å²) in [6, 6.07) is 5.73. The lowest BCUT2D eigenvalue weighted by Crippen LogP contribution is -2.12. The number of hydrogen-bond acceptors (Lipinski definition) is 5. The molecule has 1 aromatic carbocycles. The van der Waals surface area contributed by atoms with Crippen LogP contribution in [0.15, 0.2) is 28.7 Å². The van der Waals surface area contributed by atoms with Gasteiger partial charge in [-0.3, -0.25) is 14.9 Å². The van der Waals surface area contributed by atoms with Crippen LogP contribution in [0.2, 0.25) is 5.02 Å². The summed E-state index contributed by atoms with van der Waals surface area (Å²) >= 11 is 5.82. The fourth-order valence-electron chi connectivity index (χ4n) is 1.73. The molecule has 2 rings (SSSR count). The minimum absolute atomic E-state index is 0.0528. The smallest absolute Gasteiger partial charge is 0.291 e. The molecule has 8 heteroatoms. The zero-order valence-electron chi connectivity index (χ0n) is 11.1. The summed E-state index contributed by atoms with van der Waals surface area (Å²) in [4.78, 5) is 22.2. The fraction of sp³-hybridized carbons (Fsp3) is 0.154. The standard InChI is InChI=1S/C13H12ClN3O4/c1-7-4-11(17(19)20)9(14)5-10(7)16-13(18)12-3-2-8(6-15)21-12/h2-5H,6,15H2,1H3,(H,16,18). The van der Waals surface area contributed by atoms with E-state index in [1.54, 1.807) is 13.0 Å². The Balaban J connectivity index is 2.25. The van der Waals surface area contributed by atoms with Crippen molar-refractivity contribution in [2.75, 3.05) is 5.32 Å². The highest BCUT2D eigenvalue weighted by Gasteiger charge is 2.17.